The summed E-state index contributed by atoms with van der Waals surface area (Å²) in [6.45, 7) is 2.28. The third-order valence-corrected chi connectivity index (χ3v) is 6.68. The van der Waals surface area contributed by atoms with Crippen LogP contribution in [0, 0.1) is 0 Å². The highest BCUT2D eigenvalue weighted by Gasteiger charge is 2.38. The Labute approximate surface area is 171 Å². The predicted octanol–water partition coefficient (Wildman–Crippen LogP) is 1.21. The molecule has 15 heteroatoms. The van der Waals surface area contributed by atoms with Crippen LogP contribution in [0.25, 0.3) is 0 Å². The SMILES string of the molecule is COc1cnc(C(F)(F)F)nc1S(=O)(=O)c1cc(C(N)=O)c(NC(=O)C(C)(C)O)s1. The summed E-state index contributed by atoms with van der Waals surface area (Å²) in [5.74, 6) is -4.39. The average molecular weight is 468 g/mol. The van der Waals surface area contributed by atoms with Gasteiger partial charge in [-0.05, 0) is 19.9 Å². The lowest BCUT2D eigenvalue weighted by Crippen LogP contribution is -2.36. The normalized spacial score (nSPS) is 12.5. The number of primary amides is 1. The Morgan fingerprint density at radius 1 is 1.30 bits per heavy atom. The number of nitrogens with one attached hydrogen (secondary N) is 1. The van der Waals surface area contributed by atoms with Crippen molar-refractivity contribution in [3.63, 3.8) is 0 Å². The largest absolute Gasteiger partial charge is 0.492 e. The van der Waals surface area contributed by atoms with Gasteiger partial charge < -0.3 is 20.9 Å². The summed E-state index contributed by atoms with van der Waals surface area (Å²) in [4.78, 5) is 29.7. The molecule has 4 N–H and O–H groups in total. The fourth-order valence-corrected chi connectivity index (χ4v) is 4.74. The van der Waals surface area contributed by atoms with E-state index in [-0.39, 0.29) is 5.00 Å². The first kappa shape index (κ1) is 23.5. The number of nitrogens with zero attached hydrogens (tertiary/aromatic N) is 2. The highest BCUT2D eigenvalue weighted by Crippen LogP contribution is 2.38. The molecule has 0 bridgehead atoms. The van der Waals surface area contributed by atoms with Crippen LogP contribution in [0.5, 0.6) is 5.75 Å². The van der Waals surface area contributed by atoms with Crippen molar-refractivity contribution in [2.75, 3.05) is 12.4 Å². The molecule has 0 aromatic carbocycles. The van der Waals surface area contributed by atoms with E-state index >= 15 is 0 Å². The van der Waals surface area contributed by atoms with Gasteiger partial charge in [0.2, 0.25) is 20.7 Å². The van der Waals surface area contributed by atoms with Gasteiger partial charge in [-0.1, -0.05) is 0 Å². The maximum Gasteiger partial charge on any atom is 0.451 e. The number of carbonyl (C=O) groups excluding carboxylic acids is 2. The standard InChI is InChI=1S/C15H15F3N4O6S2/c1-14(2,25)13(24)21-10-6(9(19)23)4-8(29-10)30(26,27)11-7(28-3)5-20-12(22-11)15(16,17)18/h4-5,25H,1-3H3,(H2,19,23)(H,21,24). The van der Waals surface area contributed by atoms with Crippen molar-refractivity contribution >= 4 is 38.0 Å². The van der Waals surface area contributed by atoms with Gasteiger partial charge in [-0.2, -0.15) is 13.2 Å². The second kappa shape index (κ2) is 7.81. The number of sulfone groups is 1. The number of aromatic nitrogens is 2. The molecule has 0 fully saturated rings. The number of anilines is 1. The Hall–Kier alpha value is -2.78. The van der Waals surface area contributed by atoms with Gasteiger partial charge >= 0.3 is 6.18 Å². The second-order valence-corrected chi connectivity index (χ2v) is 9.40. The first-order valence-electron chi connectivity index (χ1n) is 7.79. The summed E-state index contributed by atoms with van der Waals surface area (Å²) >= 11 is 0.338. The molecule has 2 heterocycles. The Bertz CT molecular complexity index is 1110. The van der Waals surface area contributed by atoms with E-state index < -0.39 is 59.8 Å². The van der Waals surface area contributed by atoms with E-state index in [0.29, 0.717) is 17.5 Å². The van der Waals surface area contributed by atoms with Crippen LogP contribution in [0.15, 0.2) is 21.5 Å². The van der Waals surface area contributed by atoms with Crippen molar-refractivity contribution in [2.45, 2.75) is 34.9 Å². The maximum absolute atomic E-state index is 12.9. The lowest BCUT2D eigenvalue weighted by molar-refractivity contribution is -0.145. The number of alkyl halides is 3. The van der Waals surface area contributed by atoms with Crippen LogP contribution in [0.2, 0.25) is 0 Å². The van der Waals surface area contributed by atoms with Crippen LogP contribution in [0.1, 0.15) is 30.0 Å². The van der Waals surface area contributed by atoms with Crippen molar-refractivity contribution in [1.82, 2.24) is 9.97 Å². The number of thiophene rings is 1. The van der Waals surface area contributed by atoms with E-state index in [9.17, 15) is 36.3 Å². The summed E-state index contributed by atoms with van der Waals surface area (Å²) < 4.78 is 68.8. The number of ether oxygens (including phenoxy) is 1. The monoisotopic (exact) mass is 468 g/mol. The van der Waals surface area contributed by atoms with Crippen LogP contribution < -0.4 is 15.8 Å². The lowest BCUT2D eigenvalue weighted by Gasteiger charge is -2.16. The van der Waals surface area contributed by atoms with Gasteiger partial charge in [-0.15, -0.1) is 11.3 Å². The van der Waals surface area contributed by atoms with Gasteiger partial charge in [0.25, 0.3) is 11.8 Å². The Kier molecular flexibility index (Phi) is 6.11. The number of hydrogen-bond acceptors (Lipinski definition) is 9. The third kappa shape index (κ3) is 4.68. The number of rotatable bonds is 6. The summed E-state index contributed by atoms with van der Waals surface area (Å²) in [6, 6.07) is 0.775. The highest BCUT2D eigenvalue weighted by atomic mass is 32.2. The number of carbonyl (C=O) groups is 2. The van der Waals surface area contributed by atoms with E-state index in [1.165, 1.54) is 0 Å². The molecule has 2 aromatic rings. The van der Waals surface area contributed by atoms with E-state index in [4.69, 9.17) is 10.5 Å². The summed E-state index contributed by atoms with van der Waals surface area (Å²) in [5.41, 5.74) is 2.88. The minimum absolute atomic E-state index is 0.322. The smallest absolute Gasteiger partial charge is 0.451 e. The first-order chi connectivity index (χ1) is 13.6. The maximum atomic E-state index is 12.9. The molecular formula is C15H15F3N4O6S2. The highest BCUT2D eigenvalue weighted by molar-refractivity contribution is 7.93. The van der Waals surface area contributed by atoms with E-state index in [1.54, 1.807) is 0 Å². The Morgan fingerprint density at radius 2 is 1.90 bits per heavy atom. The zero-order chi connectivity index (χ0) is 23.1. The van der Waals surface area contributed by atoms with Gasteiger partial charge in [-0.25, -0.2) is 18.4 Å². The molecule has 2 rings (SSSR count). The predicted molar refractivity (Wildman–Crippen MR) is 96.8 cm³/mol. The van der Waals surface area contributed by atoms with Crippen molar-refractivity contribution in [3.8, 4) is 5.75 Å². The van der Waals surface area contributed by atoms with Crippen LogP contribution in [-0.4, -0.2) is 48.0 Å². The van der Waals surface area contributed by atoms with Crippen molar-refractivity contribution < 1.29 is 41.0 Å². The number of amides is 2. The Morgan fingerprint density at radius 3 is 2.37 bits per heavy atom. The van der Waals surface area contributed by atoms with Crippen molar-refractivity contribution in [2.24, 2.45) is 5.73 Å². The number of hydrogen-bond donors (Lipinski definition) is 3. The zero-order valence-corrected chi connectivity index (χ0v) is 17.2. The van der Waals surface area contributed by atoms with Gasteiger partial charge in [0.05, 0.1) is 18.9 Å². The molecule has 0 radical (unpaired) electrons. The molecule has 0 spiro atoms. The molecule has 0 unspecified atom stereocenters. The fraction of sp³-hybridized carbons (Fsp3) is 0.333. The number of nitrogens with two attached hydrogens (primary N) is 1. The van der Waals surface area contributed by atoms with Crippen molar-refractivity contribution in [3.05, 3.63) is 23.7 Å². The van der Waals surface area contributed by atoms with Crippen LogP contribution in [0.4, 0.5) is 18.2 Å². The lowest BCUT2D eigenvalue weighted by atomic mass is 10.1. The minimum atomic E-state index is -5.03. The van der Waals surface area contributed by atoms with Crippen molar-refractivity contribution in [1.29, 1.82) is 0 Å². The molecule has 0 aliphatic heterocycles. The van der Waals surface area contributed by atoms with Crippen LogP contribution >= 0.6 is 11.3 Å². The molecule has 0 saturated carbocycles. The Balaban J connectivity index is 2.65. The van der Waals surface area contributed by atoms with Gasteiger partial charge in [-0.3, -0.25) is 9.59 Å². The molecule has 0 aliphatic carbocycles. The quantitative estimate of drug-likeness (QED) is 0.533. The summed E-state index contributed by atoms with van der Waals surface area (Å²) in [5, 5.41) is 10.5. The number of halogens is 3. The zero-order valence-electron chi connectivity index (χ0n) is 15.6. The second-order valence-electron chi connectivity index (χ2n) is 6.25. The molecule has 0 atom stereocenters. The number of methoxy groups -OCH3 is 1. The fourth-order valence-electron chi connectivity index (χ4n) is 1.95. The third-order valence-electron chi connectivity index (χ3n) is 3.47. The van der Waals surface area contributed by atoms with Crippen LogP contribution in [0.3, 0.4) is 0 Å². The molecule has 2 aromatic heterocycles. The summed E-state index contributed by atoms with van der Waals surface area (Å²) in [7, 11) is -3.75. The molecular weight excluding hydrogens is 453 g/mol. The molecule has 164 valence electrons. The first-order valence-corrected chi connectivity index (χ1v) is 10.1. The molecule has 0 saturated heterocycles. The average Bonchev–Trinajstić information content (AvgIpc) is 3.04. The number of aliphatic hydroxyl groups is 1. The van der Waals surface area contributed by atoms with E-state index in [2.05, 4.69) is 15.3 Å². The van der Waals surface area contributed by atoms with E-state index in [1.807, 2.05) is 0 Å². The molecule has 30 heavy (non-hydrogen) atoms. The van der Waals surface area contributed by atoms with Gasteiger partial charge in [0, 0.05) is 0 Å². The molecule has 2 amide bonds. The van der Waals surface area contributed by atoms with Crippen LogP contribution in [-0.2, 0) is 20.8 Å². The summed E-state index contributed by atoms with van der Waals surface area (Å²) in [6.07, 6.45) is -4.49. The minimum Gasteiger partial charge on any atom is -0.492 e. The molecule has 10 nitrogen and oxygen atoms in total. The van der Waals surface area contributed by atoms with Gasteiger partial charge in [0.1, 0.15) is 14.8 Å². The topological polar surface area (TPSA) is 162 Å². The van der Waals surface area contributed by atoms with E-state index in [0.717, 1.165) is 27.0 Å². The molecule has 0 aliphatic rings. The van der Waals surface area contributed by atoms with Gasteiger partial charge in [0.15, 0.2) is 5.75 Å².